The largest absolute Gasteiger partial charge is 0.507 e. The number of hydrogen-bond acceptors (Lipinski definition) is 2. The van der Waals surface area contributed by atoms with Crippen LogP contribution in [0.5, 0.6) is 5.75 Å². The molecule has 0 aliphatic carbocycles. The number of benzene rings is 1. The van der Waals surface area contributed by atoms with Crippen LogP contribution in [-0.4, -0.2) is 15.7 Å². The average Bonchev–Trinajstić information content (AvgIpc) is 2.28. The van der Waals surface area contributed by atoms with Gasteiger partial charge in [0.1, 0.15) is 5.75 Å². The Hall–Kier alpha value is -0.730. The Balaban J connectivity index is 3.25. The molecule has 0 heterocycles. The van der Waals surface area contributed by atoms with Gasteiger partial charge in [0.05, 0.1) is 5.56 Å². The third-order valence-corrected chi connectivity index (χ3v) is 3.52. The first kappa shape index (κ1) is 14.3. The Morgan fingerprint density at radius 1 is 1.41 bits per heavy atom. The predicted molar refractivity (Wildman–Crippen MR) is 71.2 cm³/mol. The number of ketones is 1. The summed E-state index contributed by atoms with van der Waals surface area (Å²) >= 11 is 11.1. The second-order valence-electron chi connectivity index (χ2n) is 4.63. The van der Waals surface area contributed by atoms with Crippen LogP contribution in [0.1, 0.15) is 43.1 Å². The molecule has 0 fully saturated rings. The van der Waals surface area contributed by atoms with E-state index in [1.807, 2.05) is 6.07 Å². The highest BCUT2D eigenvalue weighted by Gasteiger charge is 2.23. The second-order valence-corrected chi connectivity index (χ2v) is 5.73. The molecule has 0 aliphatic heterocycles. The first-order chi connectivity index (χ1) is 7.79. The Labute approximate surface area is 112 Å². The van der Waals surface area contributed by atoms with Crippen LogP contribution >= 0.6 is 23.2 Å². The molecule has 94 valence electrons. The van der Waals surface area contributed by atoms with Crippen molar-refractivity contribution in [1.29, 1.82) is 0 Å². The molecule has 0 radical (unpaired) electrons. The van der Waals surface area contributed by atoms with Crippen molar-refractivity contribution in [3.05, 3.63) is 29.3 Å². The van der Waals surface area contributed by atoms with E-state index in [9.17, 15) is 9.90 Å². The van der Waals surface area contributed by atoms with Gasteiger partial charge in [0.15, 0.2) is 10.6 Å². The minimum atomic E-state index is -1.15. The fourth-order valence-electron chi connectivity index (χ4n) is 1.48. The molecular formula is C13H16Cl2O2. The lowest BCUT2D eigenvalue weighted by Crippen LogP contribution is -2.17. The molecule has 1 aromatic carbocycles. The Morgan fingerprint density at radius 3 is 2.47 bits per heavy atom. The monoisotopic (exact) mass is 274 g/mol. The number of aromatic hydroxyl groups is 1. The number of alkyl halides is 2. The van der Waals surface area contributed by atoms with E-state index in [2.05, 4.69) is 20.8 Å². The summed E-state index contributed by atoms with van der Waals surface area (Å²) in [6, 6.07) is 4.99. The molecule has 1 rings (SSSR count). The van der Waals surface area contributed by atoms with Gasteiger partial charge in [0, 0.05) is 0 Å². The van der Waals surface area contributed by atoms with Crippen molar-refractivity contribution >= 4 is 29.0 Å². The molecule has 2 nitrogen and oxygen atoms in total. The van der Waals surface area contributed by atoms with Crippen LogP contribution in [0.4, 0.5) is 0 Å². The number of phenolic OH excluding ortho intramolecular Hbond substituents is 1. The zero-order valence-electron chi connectivity index (χ0n) is 10.1. The third-order valence-electron chi connectivity index (χ3n) is 3.13. The number of hydrogen-bond donors (Lipinski definition) is 1. The van der Waals surface area contributed by atoms with Crippen molar-refractivity contribution < 1.29 is 9.90 Å². The van der Waals surface area contributed by atoms with Crippen LogP contribution in [0, 0.1) is 0 Å². The predicted octanol–water partition coefficient (Wildman–Crippen LogP) is 4.07. The molecule has 1 N–H and O–H groups in total. The summed E-state index contributed by atoms with van der Waals surface area (Å²) in [5.41, 5.74) is 1.10. The number of rotatable bonds is 4. The van der Waals surface area contributed by atoms with Gasteiger partial charge in [-0.05, 0) is 29.5 Å². The summed E-state index contributed by atoms with van der Waals surface area (Å²) in [7, 11) is 0. The van der Waals surface area contributed by atoms with Crippen LogP contribution in [-0.2, 0) is 5.41 Å². The molecule has 0 saturated carbocycles. The SMILES string of the molecule is CCC(C)(C)c1ccc(O)c(C(=O)C(Cl)Cl)c1. The second kappa shape index (κ2) is 5.28. The summed E-state index contributed by atoms with van der Waals surface area (Å²) < 4.78 is 0. The average molecular weight is 275 g/mol. The maximum Gasteiger partial charge on any atom is 0.199 e. The fourth-order valence-corrected chi connectivity index (χ4v) is 1.71. The van der Waals surface area contributed by atoms with Gasteiger partial charge < -0.3 is 5.11 Å². The number of phenols is 1. The highest BCUT2D eigenvalue weighted by atomic mass is 35.5. The standard InChI is InChI=1S/C13H16Cl2O2/c1-4-13(2,3)8-5-6-10(16)9(7-8)11(17)12(14)15/h5-7,12,16H,4H2,1-3H3. The van der Waals surface area contributed by atoms with E-state index in [0.717, 1.165) is 12.0 Å². The maximum atomic E-state index is 11.7. The van der Waals surface area contributed by atoms with E-state index in [0.29, 0.717) is 0 Å². The number of carbonyl (C=O) groups excluding carboxylic acids is 1. The van der Waals surface area contributed by atoms with Crippen LogP contribution in [0.3, 0.4) is 0 Å². The lowest BCUT2D eigenvalue weighted by Gasteiger charge is -2.24. The van der Waals surface area contributed by atoms with Gasteiger partial charge in [-0.3, -0.25) is 4.79 Å². The fraction of sp³-hybridized carbons (Fsp3) is 0.462. The van der Waals surface area contributed by atoms with Crippen molar-refractivity contribution in [2.45, 2.75) is 37.4 Å². The summed E-state index contributed by atoms with van der Waals surface area (Å²) in [6.07, 6.45) is 0.927. The van der Waals surface area contributed by atoms with Gasteiger partial charge >= 0.3 is 0 Å². The number of halogens is 2. The van der Waals surface area contributed by atoms with Crippen LogP contribution in [0.2, 0.25) is 0 Å². The quantitative estimate of drug-likeness (QED) is 0.664. The van der Waals surface area contributed by atoms with E-state index in [1.165, 1.54) is 6.07 Å². The maximum absolute atomic E-state index is 11.7. The van der Waals surface area contributed by atoms with Gasteiger partial charge in [-0.2, -0.15) is 0 Å². The topological polar surface area (TPSA) is 37.3 Å². The third kappa shape index (κ3) is 3.14. The van der Waals surface area contributed by atoms with E-state index in [1.54, 1.807) is 6.07 Å². The Bertz CT molecular complexity index is 425. The molecule has 1 aromatic rings. The van der Waals surface area contributed by atoms with Crippen LogP contribution in [0.15, 0.2) is 18.2 Å². The molecule has 0 amide bonds. The summed E-state index contributed by atoms with van der Waals surface area (Å²) in [6.45, 7) is 6.22. The van der Waals surface area contributed by atoms with E-state index < -0.39 is 10.6 Å². The summed E-state index contributed by atoms with van der Waals surface area (Å²) in [5.74, 6) is -0.559. The van der Waals surface area contributed by atoms with Gasteiger partial charge in [-0.15, -0.1) is 0 Å². The lowest BCUT2D eigenvalue weighted by molar-refractivity contribution is 0.100. The number of carbonyl (C=O) groups is 1. The molecule has 0 unspecified atom stereocenters. The van der Waals surface area contributed by atoms with Crippen molar-refractivity contribution in [3.63, 3.8) is 0 Å². The Kier molecular flexibility index (Phi) is 4.45. The van der Waals surface area contributed by atoms with Crippen molar-refractivity contribution in [1.82, 2.24) is 0 Å². The van der Waals surface area contributed by atoms with Crippen molar-refractivity contribution in [2.24, 2.45) is 0 Å². The highest BCUT2D eigenvalue weighted by molar-refractivity contribution is 6.55. The van der Waals surface area contributed by atoms with E-state index in [-0.39, 0.29) is 16.7 Å². The normalized spacial score (nSPS) is 11.9. The van der Waals surface area contributed by atoms with Gasteiger partial charge in [-0.1, -0.05) is 50.0 Å². The Morgan fingerprint density at radius 2 is 2.00 bits per heavy atom. The first-order valence-corrected chi connectivity index (χ1v) is 6.32. The molecule has 0 atom stereocenters. The molecule has 17 heavy (non-hydrogen) atoms. The highest BCUT2D eigenvalue weighted by Crippen LogP contribution is 2.31. The minimum absolute atomic E-state index is 0.0587. The van der Waals surface area contributed by atoms with Gasteiger partial charge in [-0.25, -0.2) is 0 Å². The zero-order valence-corrected chi connectivity index (χ0v) is 11.6. The summed E-state index contributed by atoms with van der Waals surface area (Å²) in [4.78, 5) is 10.6. The molecule has 0 spiro atoms. The molecule has 0 saturated heterocycles. The molecule has 0 aliphatic rings. The lowest BCUT2D eigenvalue weighted by atomic mass is 9.81. The summed E-state index contributed by atoms with van der Waals surface area (Å²) in [5, 5.41) is 9.65. The molecule has 4 heteroatoms. The minimum Gasteiger partial charge on any atom is -0.507 e. The van der Waals surface area contributed by atoms with Crippen LogP contribution in [0.25, 0.3) is 0 Å². The van der Waals surface area contributed by atoms with E-state index >= 15 is 0 Å². The zero-order chi connectivity index (χ0) is 13.2. The molecule has 0 aromatic heterocycles. The van der Waals surface area contributed by atoms with E-state index in [4.69, 9.17) is 23.2 Å². The van der Waals surface area contributed by atoms with Crippen LogP contribution < -0.4 is 0 Å². The van der Waals surface area contributed by atoms with Crippen molar-refractivity contribution in [3.8, 4) is 5.75 Å². The van der Waals surface area contributed by atoms with Crippen molar-refractivity contribution in [2.75, 3.05) is 0 Å². The smallest absolute Gasteiger partial charge is 0.199 e. The molecule has 0 bridgehead atoms. The molecular weight excluding hydrogens is 259 g/mol. The number of Topliss-reactive ketones (excluding diaryl/α,β-unsaturated/α-hetero) is 1. The van der Waals surface area contributed by atoms with Gasteiger partial charge in [0.25, 0.3) is 0 Å². The first-order valence-electron chi connectivity index (χ1n) is 5.45. The van der Waals surface area contributed by atoms with Gasteiger partial charge in [0.2, 0.25) is 0 Å².